The number of hydrogen-bond acceptors (Lipinski definition) is 0. The van der Waals surface area contributed by atoms with Crippen LogP contribution in [0.4, 0.5) is 0 Å². The first-order chi connectivity index (χ1) is 22.6. The first-order valence-corrected chi connectivity index (χ1v) is 24.9. The van der Waals surface area contributed by atoms with E-state index in [1.165, 1.54) is 212 Å². The van der Waals surface area contributed by atoms with Gasteiger partial charge in [0, 0.05) is 7.26 Å². The molecule has 0 amide bonds. The second-order valence-corrected chi connectivity index (χ2v) is 21.0. The van der Waals surface area contributed by atoms with E-state index in [-0.39, 0.29) is 0 Å². The summed E-state index contributed by atoms with van der Waals surface area (Å²) in [6.45, 7) is 12.2. The maximum atomic E-state index is 2.63. The zero-order valence-corrected chi connectivity index (χ0v) is 34.5. The molecule has 0 spiro atoms. The second-order valence-electron chi connectivity index (χ2n) is 16.2. The van der Waals surface area contributed by atoms with Crippen LogP contribution in [-0.2, 0) is 0 Å². The van der Waals surface area contributed by atoms with Crippen LogP contribution in [0.15, 0.2) is 0 Å². The summed E-state index contributed by atoms with van der Waals surface area (Å²) in [5, 5.41) is 0. The van der Waals surface area contributed by atoms with E-state index in [0.29, 0.717) is 0 Å². The van der Waals surface area contributed by atoms with Gasteiger partial charge in [-0.3, -0.25) is 0 Å². The molecule has 46 heavy (non-hydrogen) atoms. The van der Waals surface area contributed by atoms with Crippen molar-refractivity contribution in [2.24, 2.45) is 0 Å². The molecule has 0 nitrogen and oxygen atoms in total. The van der Waals surface area contributed by atoms with Gasteiger partial charge >= 0.3 is 0 Å². The molecule has 0 aliphatic heterocycles. The van der Waals surface area contributed by atoms with Gasteiger partial charge in [-0.1, -0.05) is 213 Å². The van der Waals surface area contributed by atoms with Crippen LogP contribution in [0.1, 0.15) is 266 Å². The summed E-state index contributed by atoms with van der Waals surface area (Å²) < 4.78 is 0. The average molecular weight is 666 g/mol. The Kier molecular flexibility index (Phi) is 38.6. The van der Waals surface area contributed by atoms with Crippen molar-refractivity contribution < 1.29 is 0 Å². The molecule has 1 heteroatoms. The largest absolute Gasteiger partial charge is 0.0654 e. The van der Waals surface area contributed by atoms with Gasteiger partial charge in [0.05, 0.1) is 24.1 Å². The van der Waals surface area contributed by atoms with Crippen molar-refractivity contribution in [3.05, 3.63) is 0 Å². The highest BCUT2D eigenvalue weighted by atomic mass is 31.2. The predicted molar refractivity (Wildman–Crippen MR) is 220 cm³/mol. The van der Waals surface area contributed by atoms with Crippen LogP contribution in [0, 0.1) is 0 Å². The summed E-state index contributed by atoms with van der Waals surface area (Å²) in [6.07, 6.45) is 58.2. The molecule has 0 saturated carbocycles. The molecule has 0 aliphatic carbocycles. The maximum Gasteiger partial charge on any atom is 0.0641 e. The minimum absolute atomic E-state index is 0.808. The van der Waals surface area contributed by atoms with Gasteiger partial charge in [0.2, 0.25) is 0 Å². The van der Waals surface area contributed by atoms with Crippen molar-refractivity contribution >= 4 is 7.26 Å². The van der Waals surface area contributed by atoms with Crippen LogP contribution < -0.4 is 0 Å². The molecule has 0 bridgehead atoms. The lowest BCUT2D eigenvalue weighted by Gasteiger charge is -2.32. The lowest BCUT2D eigenvalue weighted by molar-refractivity contribution is 0.545. The third-order valence-corrected chi connectivity index (χ3v) is 17.3. The molecule has 0 rings (SSSR count). The van der Waals surface area contributed by atoms with Crippen molar-refractivity contribution in [3.63, 3.8) is 0 Å². The van der Waals surface area contributed by atoms with Gasteiger partial charge in [-0.25, -0.2) is 0 Å². The van der Waals surface area contributed by atoms with Crippen molar-refractivity contribution in [2.45, 2.75) is 271 Å². The highest BCUT2D eigenvalue weighted by molar-refractivity contribution is 7.76. The van der Waals surface area contributed by atoms with E-state index in [4.69, 9.17) is 0 Å². The molecular weight excluding hydrogens is 571 g/mol. The normalized spacial score (nSPS) is 12.1. The van der Waals surface area contributed by atoms with E-state index < -0.39 is 7.26 Å². The Labute approximate surface area is 296 Å². The molecule has 0 aromatic carbocycles. The van der Waals surface area contributed by atoms with Gasteiger partial charge in [-0.15, -0.1) is 0 Å². The van der Waals surface area contributed by atoms with Gasteiger partial charge in [-0.2, -0.15) is 0 Å². The van der Waals surface area contributed by atoms with E-state index in [1.807, 2.05) is 0 Å². The summed E-state index contributed by atoms with van der Waals surface area (Å²) in [4.78, 5) is 0. The Hall–Kier alpha value is 0.430. The van der Waals surface area contributed by atoms with Crippen molar-refractivity contribution in [1.29, 1.82) is 0 Å². The van der Waals surface area contributed by atoms with Gasteiger partial charge in [-0.05, 0) is 52.4 Å². The molecule has 0 atom stereocenters. The molecule has 0 aromatic rings. The van der Waals surface area contributed by atoms with E-state index >= 15 is 0 Å². The molecule has 0 N–H and O–H groups in total. The minimum Gasteiger partial charge on any atom is -0.0654 e. The van der Waals surface area contributed by atoms with E-state index in [9.17, 15) is 0 Å². The van der Waals surface area contributed by atoms with Gasteiger partial charge in [0.1, 0.15) is 0 Å². The quantitative estimate of drug-likeness (QED) is 0.0451. The molecule has 0 unspecified atom stereocenters. The summed E-state index contributed by atoms with van der Waals surface area (Å²) in [6, 6.07) is 0. The maximum absolute atomic E-state index is 2.63. The number of hydrogen-bond donors (Lipinski definition) is 0. The summed E-state index contributed by atoms with van der Waals surface area (Å²) >= 11 is 0. The Bertz CT molecular complexity index is 470. The van der Waals surface area contributed by atoms with E-state index in [0.717, 1.165) is 5.66 Å². The van der Waals surface area contributed by atoms with Gasteiger partial charge in [0.25, 0.3) is 0 Å². The fourth-order valence-corrected chi connectivity index (χ4v) is 12.7. The standard InChI is InChI=1S/C45H94P/c1-6-9-12-15-18-21-24-27-30-33-36-39-42-46(45(4)5,43-40-37-34-31-28-25-22-19-16-13-10-7-2)44-41-38-35-32-29-26-23-20-17-14-11-8-3/h45H,6-44H2,1-5H3/q+1. The summed E-state index contributed by atoms with van der Waals surface area (Å²) in [5.74, 6) is 0. The van der Waals surface area contributed by atoms with Crippen LogP contribution in [0.5, 0.6) is 0 Å². The van der Waals surface area contributed by atoms with E-state index in [2.05, 4.69) is 34.6 Å². The van der Waals surface area contributed by atoms with Crippen LogP contribution in [0.3, 0.4) is 0 Å². The third kappa shape index (κ3) is 31.7. The van der Waals surface area contributed by atoms with Crippen molar-refractivity contribution in [3.8, 4) is 0 Å². The molecule has 278 valence electrons. The van der Waals surface area contributed by atoms with Gasteiger partial charge in [0.15, 0.2) is 0 Å². The highest BCUT2D eigenvalue weighted by Gasteiger charge is 2.39. The monoisotopic (exact) mass is 666 g/mol. The smallest absolute Gasteiger partial charge is 0.0641 e. The molecule has 0 radical (unpaired) electrons. The van der Waals surface area contributed by atoms with Crippen LogP contribution >= 0.6 is 7.26 Å². The number of rotatable bonds is 40. The molecule has 0 aromatic heterocycles. The Morgan fingerprint density at radius 1 is 0.239 bits per heavy atom. The lowest BCUT2D eigenvalue weighted by atomic mass is 10.1. The second kappa shape index (κ2) is 38.2. The fourth-order valence-electron chi connectivity index (χ4n) is 7.91. The topological polar surface area (TPSA) is 0 Å². The Balaban J connectivity index is 4.36. The predicted octanol–water partition coefficient (Wildman–Crippen LogP) is 17.5. The van der Waals surface area contributed by atoms with E-state index in [1.54, 1.807) is 37.7 Å². The highest BCUT2D eigenvalue weighted by Crippen LogP contribution is 2.64. The third-order valence-electron chi connectivity index (χ3n) is 11.5. The Morgan fingerprint density at radius 3 is 0.543 bits per heavy atom. The molecule has 0 aliphatic rings. The lowest BCUT2D eigenvalue weighted by Crippen LogP contribution is -2.18. The van der Waals surface area contributed by atoms with Crippen molar-refractivity contribution in [2.75, 3.05) is 18.5 Å². The average Bonchev–Trinajstić information content (AvgIpc) is 3.05. The summed E-state index contributed by atoms with van der Waals surface area (Å²) in [7, 11) is -0.808. The molecule has 0 saturated heterocycles. The minimum atomic E-state index is -0.808. The molecular formula is C45H94P+. The zero-order chi connectivity index (χ0) is 33.7. The summed E-state index contributed by atoms with van der Waals surface area (Å²) in [5.41, 5.74) is 0.959. The molecule has 0 fully saturated rings. The van der Waals surface area contributed by atoms with Crippen molar-refractivity contribution in [1.82, 2.24) is 0 Å². The first kappa shape index (κ1) is 46.4. The van der Waals surface area contributed by atoms with Crippen LogP contribution in [0.25, 0.3) is 0 Å². The zero-order valence-electron chi connectivity index (χ0n) is 33.6. The van der Waals surface area contributed by atoms with Crippen LogP contribution in [-0.4, -0.2) is 24.1 Å². The first-order valence-electron chi connectivity index (χ1n) is 22.5. The van der Waals surface area contributed by atoms with Gasteiger partial charge < -0.3 is 0 Å². The van der Waals surface area contributed by atoms with Crippen LogP contribution in [0.2, 0.25) is 0 Å². The Morgan fingerprint density at radius 2 is 0.391 bits per heavy atom. The fraction of sp³-hybridized carbons (Fsp3) is 1.00. The molecule has 0 heterocycles. The number of unbranched alkanes of at least 4 members (excludes halogenated alkanes) is 33. The SMILES string of the molecule is CCCCCCCCCCCCCC[P+](CCCCCCCCCCCCCC)(CCCCCCCCCCCCCC)C(C)C.